The Kier molecular flexibility index (Phi) is 5.27. The number of fused-ring (bicyclic) bond motifs is 1. The fourth-order valence-electron chi connectivity index (χ4n) is 4.68. The van der Waals surface area contributed by atoms with Gasteiger partial charge in [0.1, 0.15) is 5.82 Å². The first kappa shape index (κ1) is 19.2. The van der Waals surface area contributed by atoms with Crippen LogP contribution in [0.2, 0.25) is 5.02 Å². The smallest absolute Gasteiger partial charge is 0.256 e. The number of likely N-dealkylation sites (tertiary alicyclic amines) is 2. The van der Waals surface area contributed by atoms with Gasteiger partial charge in [-0.25, -0.2) is 4.39 Å². The second-order valence-electron chi connectivity index (χ2n) is 7.88. The molecule has 0 aromatic heterocycles. The van der Waals surface area contributed by atoms with E-state index in [1.165, 1.54) is 12.1 Å². The van der Waals surface area contributed by atoms with Crippen molar-refractivity contribution in [3.05, 3.63) is 34.6 Å². The molecular formula is C20H23ClFN3O3. The first-order valence-corrected chi connectivity index (χ1v) is 10.1. The Hall–Kier alpha value is -2.15. The predicted molar refractivity (Wildman–Crippen MR) is 101 cm³/mol. The summed E-state index contributed by atoms with van der Waals surface area (Å²) in [5, 5.41) is 3.01. The molecule has 3 saturated heterocycles. The molecule has 0 aliphatic carbocycles. The molecule has 150 valence electrons. The van der Waals surface area contributed by atoms with Crippen molar-refractivity contribution in [3.63, 3.8) is 0 Å². The van der Waals surface area contributed by atoms with Crippen LogP contribution >= 0.6 is 11.6 Å². The van der Waals surface area contributed by atoms with E-state index in [2.05, 4.69) is 5.32 Å². The molecule has 1 N–H and O–H groups in total. The maximum Gasteiger partial charge on any atom is 0.256 e. The van der Waals surface area contributed by atoms with Crippen molar-refractivity contribution in [3.8, 4) is 0 Å². The Labute approximate surface area is 168 Å². The molecule has 1 aromatic rings. The summed E-state index contributed by atoms with van der Waals surface area (Å²) >= 11 is 5.78. The van der Waals surface area contributed by atoms with Gasteiger partial charge in [0.2, 0.25) is 11.8 Å². The largest absolute Gasteiger partial charge is 0.356 e. The number of benzene rings is 1. The molecule has 3 aliphatic heterocycles. The van der Waals surface area contributed by atoms with E-state index in [9.17, 15) is 18.8 Å². The first-order chi connectivity index (χ1) is 13.4. The number of hydrogen-bond acceptors (Lipinski definition) is 3. The van der Waals surface area contributed by atoms with E-state index in [1.807, 2.05) is 4.90 Å². The summed E-state index contributed by atoms with van der Waals surface area (Å²) in [6, 6.07) is 3.99. The van der Waals surface area contributed by atoms with Crippen molar-refractivity contribution in [1.82, 2.24) is 15.1 Å². The normalized spacial score (nSPS) is 27.4. The van der Waals surface area contributed by atoms with Crippen LogP contribution in [0.1, 0.15) is 36.0 Å². The summed E-state index contributed by atoms with van der Waals surface area (Å²) < 4.78 is 14.2. The third-order valence-electron chi connectivity index (χ3n) is 6.11. The van der Waals surface area contributed by atoms with Crippen LogP contribution < -0.4 is 5.32 Å². The van der Waals surface area contributed by atoms with Gasteiger partial charge >= 0.3 is 0 Å². The van der Waals surface area contributed by atoms with Crippen LogP contribution in [0.4, 0.5) is 4.39 Å². The van der Waals surface area contributed by atoms with Gasteiger partial charge in [0.25, 0.3) is 5.91 Å². The standard InChI is InChI=1S/C20H23ClFN3O3/c21-14-3-4-15(16(22)9-14)20(28)24-10-13-2-1-7-25(17(13)11-24)19(27)12-5-6-23-18(26)8-12/h3-4,9,12-13,17H,1-2,5-8,10-11H2,(H,23,26)/t12?,13-,17+/m0/s1. The molecule has 4 rings (SSSR count). The fraction of sp³-hybridized carbons (Fsp3) is 0.550. The van der Waals surface area contributed by atoms with Crippen molar-refractivity contribution in [2.45, 2.75) is 31.7 Å². The van der Waals surface area contributed by atoms with E-state index in [0.29, 0.717) is 32.6 Å². The lowest BCUT2D eigenvalue weighted by molar-refractivity contribution is -0.143. The molecule has 3 heterocycles. The number of carbonyl (C=O) groups excluding carboxylic acids is 3. The summed E-state index contributed by atoms with van der Waals surface area (Å²) in [6.45, 7) is 2.09. The van der Waals surface area contributed by atoms with Crippen LogP contribution in [0.3, 0.4) is 0 Å². The van der Waals surface area contributed by atoms with Crippen molar-refractivity contribution in [2.24, 2.45) is 11.8 Å². The molecule has 3 amide bonds. The average molecular weight is 408 g/mol. The molecule has 28 heavy (non-hydrogen) atoms. The minimum absolute atomic E-state index is 0.00451. The Balaban J connectivity index is 1.49. The Morgan fingerprint density at radius 1 is 1.21 bits per heavy atom. The monoisotopic (exact) mass is 407 g/mol. The second kappa shape index (κ2) is 7.70. The molecule has 3 aliphatic rings. The van der Waals surface area contributed by atoms with Crippen LogP contribution in [-0.4, -0.2) is 59.7 Å². The van der Waals surface area contributed by atoms with Gasteiger partial charge in [0.15, 0.2) is 0 Å². The lowest BCUT2D eigenvalue weighted by atomic mass is 9.89. The van der Waals surface area contributed by atoms with Crippen molar-refractivity contribution in [2.75, 3.05) is 26.2 Å². The topological polar surface area (TPSA) is 69.7 Å². The minimum atomic E-state index is -0.631. The molecule has 0 radical (unpaired) electrons. The number of nitrogens with one attached hydrogen (secondary N) is 1. The third-order valence-corrected chi connectivity index (χ3v) is 6.34. The summed E-state index contributed by atoms with van der Waals surface area (Å²) in [7, 11) is 0. The van der Waals surface area contributed by atoms with Gasteiger partial charge < -0.3 is 15.1 Å². The number of carbonyl (C=O) groups is 3. The van der Waals surface area contributed by atoms with E-state index < -0.39 is 5.82 Å². The highest BCUT2D eigenvalue weighted by atomic mass is 35.5. The van der Waals surface area contributed by atoms with Gasteiger partial charge in [-0.1, -0.05) is 11.6 Å². The Morgan fingerprint density at radius 2 is 2.04 bits per heavy atom. The lowest BCUT2D eigenvalue weighted by Gasteiger charge is -2.39. The number of rotatable bonds is 2. The average Bonchev–Trinajstić information content (AvgIpc) is 3.11. The highest BCUT2D eigenvalue weighted by Gasteiger charge is 2.44. The zero-order chi connectivity index (χ0) is 19.8. The molecule has 1 unspecified atom stereocenters. The first-order valence-electron chi connectivity index (χ1n) is 9.75. The SMILES string of the molecule is O=C1CC(C(=O)N2CCC[C@H]3CN(C(=O)c4ccc(Cl)cc4F)C[C@H]32)CCN1. The van der Waals surface area contributed by atoms with Crippen LogP contribution in [0.5, 0.6) is 0 Å². The number of piperidine rings is 2. The van der Waals surface area contributed by atoms with E-state index in [1.54, 1.807) is 4.90 Å². The Morgan fingerprint density at radius 3 is 2.79 bits per heavy atom. The second-order valence-corrected chi connectivity index (χ2v) is 8.31. The van der Waals surface area contributed by atoms with Crippen LogP contribution in [0.15, 0.2) is 18.2 Å². The highest BCUT2D eigenvalue weighted by Crippen LogP contribution is 2.33. The summed E-state index contributed by atoms with van der Waals surface area (Å²) in [5.41, 5.74) is 0.00451. The number of amides is 3. The van der Waals surface area contributed by atoms with E-state index >= 15 is 0 Å². The summed E-state index contributed by atoms with van der Waals surface area (Å²) in [4.78, 5) is 41.0. The molecule has 8 heteroatoms. The zero-order valence-electron chi connectivity index (χ0n) is 15.5. The van der Waals surface area contributed by atoms with Crippen LogP contribution in [0, 0.1) is 17.7 Å². The molecule has 0 spiro atoms. The van der Waals surface area contributed by atoms with E-state index in [4.69, 9.17) is 11.6 Å². The maximum atomic E-state index is 14.2. The van der Waals surface area contributed by atoms with Gasteiger partial charge in [-0.2, -0.15) is 0 Å². The molecule has 3 atom stereocenters. The van der Waals surface area contributed by atoms with Crippen molar-refractivity contribution >= 4 is 29.3 Å². The quantitative estimate of drug-likeness (QED) is 0.816. The molecule has 3 fully saturated rings. The van der Waals surface area contributed by atoms with Crippen molar-refractivity contribution < 1.29 is 18.8 Å². The molecule has 0 saturated carbocycles. The van der Waals surface area contributed by atoms with E-state index in [-0.39, 0.29) is 52.6 Å². The van der Waals surface area contributed by atoms with Crippen LogP contribution in [-0.2, 0) is 9.59 Å². The molecule has 1 aromatic carbocycles. The molecule has 0 bridgehead atoms. The zero-order valence-corrected chi connectivity index (χ0v) is 16.3. The maximum absolute atomic E-state index is 14.2. The number of hydrogen-bond donors (Lipinski definition) is 1. The summed E-state index contributed by atoms with van der Waals surface area (Å²) in [6.07, 6.45) is 2.69. The van der Waals surface area contributed by atoms with Gasteiger partial charge in [-0.05, 0) is 43.4 Å². The summed E-state index contributed by atoms with van der Waals surface area (Å²) in [5.74, 6) is -1.17. The third kappa shape index (κ3) is 3.60. The fourth-order valence-corrected chi connectivity index (χ4v) is 4.84. The number of nitrogens with zero attached hydrogens (tertiary/aromatic N) is 2. The van der Waals surface area contributed by atoms with Gasteiger partial charge in [-0.3, -0.25) is 14.4 Å². The number of halogens is 2. The van der Waals surface area contributed by atoms with E-state index in [0.717, 1.165) is 18.9 Å². The highest BCUT2D eigenvalue weighted by molar-refractivity contribution is 6.30. The Bertz CT molecular complexity index is 818. The lowest BCUT2D eigenvalue weighted by Crippen LogP contribution is -2.52. The van der Waals surface area contributed by atoms with Gasteiger partial charge in [0.05, 0.1) is 11.6 Å². The molecular weight excluding hydrogens is 385 g/mol. The predicted octanol–water partition coefficient (Wildman–Crippen LogP) is 2.07. The van der Waals surface area contributed by atoms with Crippen LogP contribution in [0.25, 0.3) is 0 Å². The van der Waals surface area contributed by atoms with Crippen molar-refractivity contribution in [1.29, 1.82) is 0 Å². The van der Waals surface area contributed by atoms with Gasteiger partial charge in [0, 0.05) is 43.5 Å². The minimum Gasteiger partial charge on any atom is -0.356 e. The molecule has 6 nitrogen and oxygen atoms in total. The van der Waals surface area contributed by atoms with Gasteiger partial charge in [-0.15, -0.1) is 0 Å².